The van der Waals surface area contributed by atoms with E-state index in [2.05, 4.69) is 29.0 Å². The van der Waals surface area contributed by atoms with Gasteiger partial charge in [0.15, 0.2) is 5.16 Å². The van der Waals surface area contributed by atoms with Crippen LogP contribution >= 0.6 is 11.8 Å². The minimum atomic E-state index is -0.113. The molecule has 0 radical (unpaired) electrons. The molecule has 0 saturated heterocycles. The van der Waals surface area contributed by atoms with Crippen molar-refractivity contribution in [2.75, 3.05) is 0 Å². The van der Waals surface area contributed by atoms with Gasteiger partial charge in [-0.2, -0.15) is 0 Å². The van der Waals surface area contributed by atoms with E-state index in [1.165, 1.54) is 11.8 Å². The molecule has 5 aromatic rings. The smallest absolute Gasteiger partial charge is 0.262 e. The number of aryl methyl sites for hydroxylation is 2. The highest BCUT2D eigenvalue weighted by molar-refractivity contribution is 7.98. The molecule has 9 heteroatoms. The Morgan fingerprint density at radius 3 is 2.70 bits per heavy atom. The second-order valence-corrected chi connectivity index (χ2v) is 9.53. The van der Waals surface area contributed by atoms with Gasteiger partial charge >= 0.3 is 0 Å². The highest BCUT2D eigenvalue weighted by Crippen LogP contribution is 2.24. The molecular formula is C24H24N6O2S. The number of thioether (sulfide) groups is 1. The lowest BCUT2D eigenvalue weighted by Crippen LogP contribution is -2.24. The predicted molar refractivity (Wildman–Crippen MR) is 130 cm³/mol. The molecule has 0 aliphatic rings. The molecule has 0 aliphatic carbocycles. The first-order valence-corrected chi connectivity index (χ1v) is 11.9. The predicted octanol–water partition coefficient (Wildman–Crippen LogP) is 3.70. The van der Waals surface area contributed by atoms with Gasteiger partial charge in [-0.15, -0.1) is 10.2 Å². The van der Waals surface area contributed by atoms with Gasteiger partial charge in [-0.1, -0.05) is 43.8 Å². The number of rotatable bonds is 6. The normalized spacial score (nSPS) is 11.9. The molecule has 0 bridgehead atoms. The molecule has 4 aromatic heterocycles. The van der Waals surface area contributed by atoms with Gasteiger partial charge in [0, 0.05) is 24.6 Å². The second kappa shape index (κ2) is 8.47. The van der Waals surface area contributed by atoms with Crippen LogP contribution in [0, 0.1) is 12.8 Å². The minimum Gasteiger partial charge on any atom is -0.276 e. The van der Waals surface area contributed by atoms with Crippen molar-refractivity contribution in [2.24, 2.45) is 5.92 Å². The standard InChI is InChI=1S/C24H24N6O2S/c1-15(2)10-11-28-22(32)18-6-4-5-7-19(18)30-23(28)26-27-24(30)33-14-17-12-21(31)29-13-16(3)8-9-20(29)25-17/h4-9,12-13,15H,10-11,14H2,1-3H3. The third-order valence-electron chi connectivity index (χ3n) is 5.62. The average molecular weight is 461 g/mol. The fourth-order valence-corrected chi connectivity index (χ4v) is 4.72. The molecule has 0 spiro atoms. The van der Waals surface area contributed by atoms with Crippen LogP contribution in [-0.2, 0) is 12.3 Å². The van der Waals surface area contributed by atoms with E-state index in [0.29, 0.717) is 45.9 Å². The van der Waals surface area contributed by atoms with Gasteiger partial charge in [0.05, 0.1) is 16.6 Å². The Kier molecular flexibility index (Phi) is 5.49. The van der Waals surface area contributed by atoms with Crippen molar-refractivity contribution in [3.05, 3.63) is 80.6 Å². The monoisotopic (exact) mass is 460 g/mol. The minimum absolute atomic E-state index is 0.0535. The molecule has 0 N–H and O–H groups in total. The van der Waals surface area contributed by atoms with Crippen LogP contribution in [0.5, 0.6) is 0 Å². The van der Waals surface area contributed by atoms with Crippen molar-refractivity contribution in [3.63, 3.8) is 0 Å². The number of para-hydroxylation sites is 1. The fraction of sp³-hybridized carbons (Fsp3) is 0.292. The Hall–Kier alpha value is -3.46. The van der Waals surface area contributed by atoms with E-state index in [-0.39, 0.29) is 11.1 Å². The van der Waals surface area contributed by atoms with Gasteiger partial charge < -0.3 is 0 Å². The van der Waals surface area contributed by atoms with Crippen LogP contribution in [0.25, 0.3) is 22.3 Å². The van der Waals surface area contributed by atoms with Gasteiger partial charge in [-0.25, -0.2) is 4.98 Å². The lowest BCUT2D eigenvalue weighted by atomic mass is 10.1. The molecule has 0 fully saturated rings. The summed E-state index contributed by atoms with van der Waals surface area (Å²) >= 11 is 1.45. The maximum absolute atomic E-state index is 13.2. The Morgan fingerprint density at radius 1 is 1.06 bits per heavy atom. The Morgan fingerprint density at radius 2 is 1.88 bits per heavy atom. The summed E-state index contributed by atoms with van der Waals surface area (Å²) in [6.45, 7) is 6.79. The topological polar surface area (TPSA) is 86.6 Å². The lowest BCUT2D eigenvalue weighted by molar-refractivity contribution is 0.512. The van der Waals surface area contributed by atoms with E-state index in [0.717, 1.165) is 17.5 Å². The number of hydrogen-bond acceptors (Lipinski definition) is 6. The molecule has 0 atom stereocenters. The van der Waals surface area contributed by atoms with Gasteiger partial charge in [-0.3, -0.25) is 23.0 Å². The summed E-state index contributed by atoms with van der Waals surface area (Å²) in [5, 5.41) is 10.0. The van der Waals surface area contributed by atoms with E-state index >= 15 is 0 Å². The first kappa shape index (κ1) is 21.4. The van der Waals surface area contributed by atoms with Crippen LogP contribution in [0.3, 0.4) is 0 Å². The molecule has 5 rings (SSSR count). The van der Waals surface area contributed by atoms with E-state index < -0.39 is 0 Å². The third kappa shape index (κ3) is 3.93. The molecule has 1 aromatic carbocycles. The number of pyridine rings is 1. The van der Waals surface area contributed by atoms with Crippen molar-refractivity contribution in [1.82, 2.24) is 28.5 Å². The molecule has 8 nitrogen and oxygen atoms in total. The number of aromatic nitrogens is 6. The Bertz CT molecular complexity index is 1620. The molecular weight excluding hydrogens is 436 g/mol. The summed E-state index contributed by atoms with van der Waals surface area (Å²) in [7, 11) is 0. The molecule has 4 heterocycles. The summed E-state index contributed by atoms with van der Waals surface area (Å²) in [6.07, 6.45) is 2.66. The van der Waals surface area contributed by atoms with Gasteiger partial charge in [-0.05, 0) is 43.0 Å². The van der Waals surface area contributed by atoms with Crippen LogP contribution in [0.1, 0.15) is 31.5 Å². The molecule has 0 amide bonds. The maximum Gasteiger partial charge on any atom is 0.262 e. The molecule has 0 unspecified atom stereocenters. The first-order chi connectivity index (χ1) is 15.9. The largest absolute Gasteiger partial charge is 0.276 e. The number of benzene rings is 1. The number of fused-ring (bicyclic) bond motifs is 4. The van der Waals surface area contributed by atoms with Gasteiger partial charge in [0.2, 0.25) is 5.78 Å². The summed E-state index contributed by atoms with van der Waals surface area (Å²) < 4.78 is 5.19. The maximum atomic E-state index is 13.2. The first-order valence-electron chi connectivity index (χ1n) is 10.9. The number of nitrogens with zero attached hydrogens (tertiary/aromatic N) is 6. The Balaban J connectivity index is 1.57. The van der Waals surface area contributed by atoms with Crippen molar-refractivity contribution < 1.29 is 0 Å². The SMILES string of the molecule is Cc1ccc2nc(CSc3nnc4n(CCC(C)C)c(=O)c5ccccc5n34)cc(=O)n2c1. The van der Waals surface area contributed by atoms with Crippen LogP contribution in [0.2, 0.25) is 0 Å². The highest BCUT2D eigenvalue weighted by atomic mass is 32.2. The fourth-order valence-electron chi connectivity index (χ4n) is 3.89. The average Bonchev–Trinajstić information content (AvgIpc) is 3.22. The van der Waals surface area contributed by atoms with E-state index in [1.54, 1.807) is 21.2 Å². The van der Waals surface area contributed by atoms with Crippen LogP contribution < -0.4 is 11.1 Å². The number of hydrogen-bond donors (Lipinski definition) is 0. The molecule has 0 saturated carbocycles. The third-order valence-corrected chi connectivity index (χ3v) is 6.58. The van der Waals surface area contributed by atoms with Crippen LogP contribution in [0.15, 0.2) is 63.4 Å². The summed E-state index contributed by atoms with van der Waals surface area (Å²) in [5.41, 5.74) is 2.89. The highest BCUT2D eigenvalue weighted by Gasteiger charge is 2.17. The van der Waals surface area contributed by atoms with Crippen molar-refractivity contribution in [2.45, 2.75) is 44.6 Å². The summed E-state index contributed by atoms with van der Waals surface area (Å²) in [4.78, 5) is 30.3. The zero-order valence-corrected chi connectivity index (χ0v) is 19.5. The van der Waals surface area contributed by atoms with Gasteiger partial charge in [0.1, 0.15) is 5.65 Å². The van der Waals surface area contributed by atoms with E-state index in [1.807, 2.05) is 47.7 Å². The van der Waals surface area contributed by atoms with Gasteiger partial charge in [0.25, 0.3) is 11.1 Å². The van der Waals surface area contributed by atoms with Crippen molar-refractivity contribution in [1.29, 1.82) is 0 Å². The van der Waals surface area contributed by atoms with E-state index in [4.69, 9.17) is 0 Å². The van der Waals surface area contributed by atoms with Crippen LogP contribution in [-0.4, -0.2) is 28.5 Å². The molecule has 168 valence electrons. The lowest BCUT2D eigenvalue weighted by Gasteiger charge is -2.12. The summed E-state index contributed by atoms with van der Waals surface area (Å²) in [5.74, 6) is 1.45. The summed E-state index contributed by atoms with van der Waals surface area (Å²) in [6, 6.07) is 12.9. The van der Waals surface area contributed by atoms with E-state index in [9.17, 15) is 9.59 Å². The van der Waals surface area contributed by atoms with Crippen molar-refractivity contribution >= 4 is 34.1 Å². The van der Waals surface area contributed by atoms with Crippen LogP contribution in [0.4, 0.5) is 0 Å². The second-order valence-electron chi connectivity index (χ2n) is 8.58. The zero-order valence-electron chi connectivity index (χ0n) is 18.7. The quantitative estimate of drug-likeness (QED) is 0.359. The van der Waals surface area contributed by atoms with Crippen molar-refractivity contribution in [3.8, 4) is 0 Å². The Labute approximate surface area is 193 Å². The molecule has 33 heavy (non-hydrogen) atoms. The zero-order chi connectivity index (χ0) is 23.1. The molecule has 0 aliphatic heterocycles.